The molecule has 1 aliphatic carbocycles. The van der Waals surface area contributed by atoms with E-state index in [0.717, 1.165) is 21.9 Å². The molecular weight excluding hydrogens is 360 g/mol. The van der Waals surface area contributed by atoms with Crippen LogP contribution in [0.25, 0.3) is 33.4 Å². The molecule has 0 aliphatic heterocycles. The average Bonchev–Trinajstić information content (AvgIpc) is 3.15. The molecular formula is C26H18O3. The second-order valence-corrected chi connectivity index (χ2v) is 7.34. The van der Waals surface area contributed by atoms with Crippen molar-refractivity contribution in [3.63, 3.8) is 0 Å². The van der Waals surface area contributed by atoms with E-state index >= 15 is 0 Å². The number of carbonyl (C=O) groups is 2. The first kappa shape index (κ1) is 17.4. The van der Waals surface area contributed by atoms with Crippen LogP contribution >= 0.6 is 0 Å². The van der Waals surface area contributed by atoms with E-state index in [9.17, 15) is 9.59 Å². The van der Waals surface area contributed by atoms with Crippen LogP contribution < -0.4 is 0 Å². The summed E-state index contributed by atoms with van der Waals surface area (Å²) >= 11 is 0. The molecule has 3 aromatic carbocycles. The van der Waals surface area contributed by atoms with E-state index in [1.54, 1.807) is 13.8 Å². The van der Waals surface area contributed by atoms with Crippen LogP contribution in [0.4, 0.5) is 0 Å². The Morgan fingerprint density at radius 2 is 0.966 bits per heavy atom. The first-order chi connectivity index (χ1) is 14.1. The summed E-state index contributed by atoms with van der Waals surface area (Å²) in [5.74, 6) is 1.21. The van der Waals surface area contributed by atoms with Crippen molar-refractivity contribution in [1.82, 2.24) is 0 Å². The van der Waals surface area contributed by atoms with E-state index in [1.165, 1.54) is 0 Å². The Balaban J connectivity index is 1.87. The molecule has 0 saturated carbocycles. The summed E-state index contributed by atoms with van der Waals surface area (Å²) in [6.07, 6.45) is 0. The average molecular weight is 378 g/mol. The third-order valence-corrected chi connectivity index (χ3v) is 5.66. The molecule has 140 valence electrons. The monoisotopic (exact) mass is 378 g/mol. The maximum Gasteiger partial charge on any atom is 0.189 e. The van der Waals surface area contributed by atoms with Crippen molar-refractivity contribution in [2.24, 2.45) is 0 Å². The second kappa shape index (κ2) is 6.42. The number of carbonyl (C=O) groups excluding carboxylic acids is 2. The molecule has 1 aromatic heterocycles. The Morgan fingerprint density at radius 1 is 0.586 bits per heavy atom. The van der Waals surface area contributed by atoms with Crippen LogP contribution in [0.2, 0.25) is 0 Å². The topological polar surface area (TPSA) is 47.3 Å². The highest BCUT2D eigenvalue weighted by Crippen LogP contribution is 2.42. The minimum atomic E-state index is -0.0968. The Bertz CT molecular complexity index is 1220. The summed E-state index contributed by atoms with van der Waals surface area (Å²) < 4.78 is 6.34. The highest BCUT2D eigenvalue weighted by molar-refractivity contribution is 6.28. The van der Waals surface area contributed by atoms with Gasteiger partial charge in [0.05, 0.1) is 0 Å². The van der Waals surface area contributed by atoms with Crippen molar-refractivity contribution in [1.29, 1.82) is 0 Å². The van der Waals surface area contributed by atoms with Crippen molar-refractivity contribution in [3.05, 3.63) is 95.1 Å². The Hall–Kier alpha value is -3.72. The van der Waals surface area contributed by atoms with E-state index in [2.05, 4.69) is 0 Å². The minimum Gasteiger partial charge on any atom is -0.455 e. The van der Waals surface area contributed by atoms with Gasteiger partial charge in [-0.1, -0.05) is 60.7 Å². The molecule has 0 N–H and O–H groups in total. The first-order valence-corrected chi connectivity index (χ1v) is 9.54. The molecule has 0 unspecified atom stereocenters. The minimum absolute atomic E-state index is 0.0968. The van der Waals surface area contributed by atoms with Gasteiger partial charge in [0, 0.05) is 44.2 Å². The zero-order valence-electron chi connectivity index (χ0n) is 16.2. The number of hydrogen-bond acceptors (Lipinski definition) is 3. The smallest absolute Gasteiger partial charge is 0.189 e. The summed E-state index contributed by atoms with van der Waals surface area (Å²) in [6, 6.07) is 23.3. The number of fused-ring (bicyclic) bond motifs is 2. The van der Waals surface area contributed by atoms with Gasteiger partial charge in [0.15, 0.2) is 11.6 Å². The summed E-state index contributed by atoms with van der Waals surface area (Å²) in [4.78, 5) is 25.8. The number of rotatable bonds is 2. The number of ketones is 2. The summed E-state index contributed by atoms with van der Waals surface area (Å²) in [5, 5.41) is 1.67. The van der Waals surface area contributed by atoms with Gasteiger partial charge in [0.25, 0.3) is 0 Å². The maximum absolute atomic E-state index is 12.9. The number of Topliss-reactive ketones (excluding diaryl/α,β-unsaturated/α-hetero) is 2. The zero-order valence-corrected chi connectivity index (χ0v) is 16.2. The van der Waals surface area contributed by atoms with Gasteiger partial charge in [-0.25, -0.2) is 0 Å². The van der Waals surface area contributed by atoms with Crippen molar-refractivity contribution < 1.29 is 14.0 Å². The molecule has 1 aliphatic rings. The molecule has 3 nitrogen and oxygen atoms in total. The van der Waals surface area contributed by atoms with Crippen LogP contribution in [0.15, 0.2) is 88.4 Å². The molecule has 3 heteroatoms. The summed E-state index contributed by atoms with van der Waals surface area (Å²) in [7, 11) is 0. The summed E-state index contributed by atoms with van der Waals surface area (Å²) in [5.41, 5.74) is 3.77. The van der Waals surface area contributed by atoms with E-state index in [0.29, 0.717) is 33.8 Å². The van der Waals surface area contributed by atoms with Gasteiger partial charge >= 0.3 is 0 Å². The van der Waals surface area contributed by atoms with Gasteiger partial charge in [-0.3, -0.25) is 9.59 Å². The number of allylic oxidation sites excluding steroid dienone is 2. The van der Waals surface area contributed by atoms with Crippen LogP contribution in [0, 0.1) is 0 Å². The van der Waals surface area contributed by atoms with E-state index in [-0.39, 0.29) is 11.6 Å². The van der Waals surface area contributed by atoms with Crippen molar-refractivity contribution in [2.45, 2.75) is 13.8 Å². The highest BCUT2D eigenvalue weighted by Gasteiger charge is 2.30. The van der Waals surface area contributed by atoms with Crippen LogP contribution in [0.5, 0.6) is 0 Å². The van der Waals surface area contributed by atoms with Crippen LogP contribution in [0.1, 0.15) is 34.6 Å². The van der Waals surface area contributed by atoms with Gasteiger partial charge in [0.1, 0.15) is 11.5 Å². The van der Waals surface area contributed by atoms with E-state index in [4.69, 9.17) is 4.42 Å². The lowest BCUT2D eigenvalue weighted by molar-refractivity contribution is 0.0975. The molecule has 5 rings (SSSR count). The molecule has 1 heterocycles. The SMILES string of the molecule is CC1=C(C)C(=O)c2cc3c(-c4ccccc4)oc(-c4ccccc4)c3cc2C1=O. The van der Waals surface area contributed by atoms with Crippen LogP contribution in [-0.2, 0) is 0 Å². The third-order valence-electron chi connectivity index (χ3n) is 5.66. The van der Waals surface area contributed by atoms with Gasteiger partial charge < -0.3 is 4.42 Å². The van der Waals surface area contributed by atoms with Gasteiger partial charge in [-0.15, -0.1) is 0 Å². The Kier molecular flexibility index (Phi) is 3.85. The predicted molar refractivity (Wildman–Crippen MR) is 114 cm³/mol. The van der Waals surface area contributed by atoms with Crippen LogP contribution in [0.3, 0.4) is 0 Å². The molecule has 0 spiro atoms. The lowest BCUT2D eigenvalue weighted by Crippen LogP contribution is -2.19. The van der Waals surface area contributed by atoms with Crippen LogP contribution in [-0.4, -0.2) is 11.6 Å². The van der Waals surface area contributed by atoms with Gasteiger partial charge in [-0.2, -0.15) is 0 Å². The molecule has 0 fully saturated rings. The normalized spacial score (nSPS) is 13.9. The first-order valence-electron chi connectivity index (χ1n) is 9.54. The number of benzene rings is 3. The lowest BCUT2D eigenvalue weighted by Gasteiger charge is -2.17. The molecule has 4 aromatic rings. The van der Waals surface area contributed by atoms with Crippen molar-refractivity contribution in [2.75, 3.05) is 0 Å². The number of hydrogen-bond donors (Lipinski definition) is 0. The quantitative estimate of drug-likeness (QED) is 0.401. The van der Waals surface area contributed by atoms with E-state index < -0.39 is 0 Å². The van der Waals surface area contributed by atoms with Crippen molar-refractivity contribution in [3.8, 4) is 22.6 Å². The molecule has 0 bridgehead atoms. The molecule has 0 radical (unpaired) electrons. The second-order valence-electron chi connectivity index (χ2n) is 7.34. The number of furan rings is 1. The predicted octanol–water partition coefficient (Wildman–Crippen LogP) is 6.48. The fourth-order valence-corrected chi connectivity index (χ4v) is 3.92. The van der Waals surface area contributed by atoms with Gasteiger partial charge in [0.2, 0.25) is 0 Å². The van der Waals surface area contributed by atoms with Crippen molar-refractivity contribution >= 4 is 22.3 Å². The molecule has 29 heavy (non-hydrogen) atoms. The Morgan fingerprint density at radius 3 is 1.34 bits per heavy atom. The molecule has 0 saturated heterocycles. The lowest BCUT2D eigenvalue weighted by atomic mass is 9.83. The maximum atomic E-state index is 12.9. The highest BCUT2D eigenvalue weighted by atomic mass is 16.3. The summed E-state index contributed by atoms with van der Waals surface area (Å²) in [6.45, 7) is 3.43. The fraction of sp³-hybridized carbons (Fsp3) is 0.0769. The largest absolute Gasteiger partial charge is 0.455 e. The molecule has 0 amide bonds. The Labute approximate surface area is 168 Å². The zero-order chi connectivity index (χ0) is 20.1. The standard InChI is InChI=1S/C26H18O3/c1-15-16(2)24(28)20-14-22-21(13-19(20)23(15)27)25(17-9-5-3-6-10-17)29-26(22)18-11-7-4-8-12-18/h3-14H,1-2H3. The molecule has 0 atom stereocenters. The third kappa shape index (κ3) is 2.59. The van der Waals surface area contributed by atoms with Gasteiger partial charge in [-0.05, 0) is 26.0 Å². The fourth-order valence-electron chi connectivity index (χ4n) is 3.92. The van der Waals surface area contributed by atoms with E-state index in [1.807, 2.05) is 72.8 Å².